The lowest BCUT2D eigenvalue weighted by Gasteiger charge is -2.32. The molecule has 0 amide bonds. The summed E-state index contributed by atoms with van der Waals surface area (Å²) in [6, 6.07) is 0. The molecule has 0 spiro atoms. The molecule has 2 rings (SSSR count). The van der Waals surface area contributed by atoms with Gasteiger partial charge in [-0.2, -0.15) is 0 Å². The maximum atomic E-state index is 10.9. The van der Waals surface area contributed by atoms with Gasteiger partial charge in [0.1, 0.15) is 11.9 Å². The highest BCUT2D eigenvalue weighted by atomic mass is 16.6. The lowest BCUT2D eigenvalue weighted by molar-refractivity contribution is -0.433. The fourth-order valence-electron chi connectivity index (χ4n) is 2.38. The van der Waals surface area contributed by atoms with Crippen molar-refractivity contribution in [3.8, 4) is 0 Å². The van der Waals surface area contributed by atoms with E-state index in [4.69, 9.17) is 9.47 Å². The van der Waals surface area contributed by atoms with Crippen molar-refractivity contribution in [1.29, 1.82) is 0 Å². The first-order valence-electron chi connectivity index (χ1n) is 5.98. The van der Waals surface area contributed by atoms with Gasteiger partial charge in [0.2, 0.25) is 5.70 Å². The number of allylic oxidation sites excluding steroid dienone is 4. The third-order valence-electron chi connectivity index (χ3n) is 3.44. The van der Waals surface area contributed by atoms with Crippen LogP contribution in [0.4, 0.5) is 0 Å². The molecule has 18 heavy (non-hydrogen) atoms. The molecule has 100 valence electrons. The predicted molar refractivity (Wildman–Crippen MR) is 63.0 cm³/mol. The third kappa shape index (κ3) is 2.39. The largest absolute Gasteiger partial charge is 0.489 e. The number of aliphatic hydroxyl groups is 1. The lowest BCUT2D eigenvalue weighted by Crippen LogP contribution is -2.34. The molecule has 0 fully saturated rings. The zero-order valence-electron chi connectivity index (χ0n) is 10.5. The average molecular weight is 255 g/mol. The number of methoxy groups -OCH3 is 1. The molecule has 3 unspecified atom stereocenters. The van der Waals surface area contributed by atoms with Gasteiger partial charge in [-0.05, 0) is 18.4 Å². The molecule has 0 radical (unpaired) electrons. The van der Waals surface area contributed by atoms with Crippen LogP contribution in [-0.4, -0.2) is 29.5 Å². The van der Waals surface area contributed by atoms with E-state index < -0.39 is 6.29 Å². The van der Waals surface area contributed by atoms with Gasteiger partial charge in [-0.1, -0.05) is 6.92 Å². The van der Waals surface area contributed by atoms with Crippen LogP contribution in [0, 0.1) is 16.0 Å². The second kappa shape index (κ2) is 5.07. The zero-order chi connectivity index (χ0) is 13.3. The van der Waals surface area contributed by atoms with Gasteiger partial charge < -0.3 is 14.6 Å². The van der Waals surface area contributed by atoms with Crippen LogP contribution in [0.1, 0.15) is 26.2 Å². The van der Waals surface area contributed by atoms with Gasteiger partial charge in [0, 0.05) is 19.6 Å². The zero-order valence-corrected chi connectivity index (χ0v) is 10.5. The summed E-state index contributed by atoms with van der Waals surface area (Å²) in [5.74, 6) is 0.581. The van der Waals surface area contributed by atoms with E-state index in [2.05, 4.69) is 0 Å². The first kappa shape index (κ1) is 13.0. The van der Waals surface area contributed by atoms with Crippen LogP contribution in [0.15, 0.2) is 23.1 Å². The molecule has 1 heterocycles. The van der Waals surface area contributed by atoms with Crippen molar-refractivity contribution >= 4 is 0 Å². The van der Waals surface area contributed by atoms with Gasteiger partial charge in [-0.15, -0.1) is 0 Å². The van der Waals surface area contributed by atoms with Gasteiger partial charge in [0.25, 0.3) is 0 Å². The molecule has 3 atom stereocenters. The number of ether oxygens (including phenoxy) is 2. The summed E-state index contributed by atoms with van der Waals surface area (Å²) in [5.41, 5.74) is 1.11. The molecule has 0 saturated carbocycles. The normalized spacial score (nSPS) is 29.2. The van der Waals surface area contributed by atoms with E-state index in [1.54, 1.807) is 13.0 Å². The maximum absolute atomic E-state index is 10.9. The van der Waals surface area contributed by atoms with Crippen molar-refractivity contribution in [3.05, 3.63) is 33.2 Å². The summed E-state index contributed by atoms with van der Waals surface area (Å²) in [6.07, 6.45) is 2.06. The Morgan fingerprint density at radius 2 is 2.39 bits per heavy atom. The van der Waals surface area contributed by atoms with Crippen LogP contribution < -0.4 is 0 Å². The van der Waals surface area contributed by atoms with Crippen LogP contribution in [-0.2, 0) is 9.47 Å². The van der Waals surface area contributed by atoms with Gasteiger partial charge in [0.05, 0.1) is 10.8 Å². The molecule has 6 heteroatoms. The summed E-state index contributed by atoms with van der Waals surface area (Å²) >= 11 is 0. The number of rotatable bonds is 3. The summed E-state index contributed by atoms with van der Waals surface area (Å²) in [7, 11) is 1.42. The molecule has 1 aliphatic carbocycles. The van der Waals surface area contributed by atoms with E-state index >= 15 is 0 Å². The monoisotopic (exact) mass is 255 g/mol. The smallest absolute Gasteiger partial charge is 0.249 e. The van der Waals surface area contributed by atoms with Crippen molar-refractivity contribution in [3.63, 3.8) is 0 Å². The second-order valence-electron chi connectivity index (χ2n) is 4.70. The molecule has 0 aromatic heterocycles. The SMILES string of the molecule is COC(O)C1CCC2=C(CC(C)C([N+](=O)[O-])=C2)O1. The number of hydrogen-bond acceptors (Lipinski definition) is 5. The lowest BCUT2D eigenvalue weighted by atomic mass is 9.89. The van der Waals surface area contributed by atoms with E-state index in [9.17, 15) is 15.2 Å². The van der Waals surface area contributed by atoms with Gasteiger partial charge in [-0.25, -0.2) is 0 Å². The molecule has 2 aliphatic rings. The summed E-state index contributed by atoms with van der Waals surface area (Å²) < 4.78 is 10.5. The standard InChI is InChI=1S/C12H17NO5/c1-7-5-11-8(6-9(7)13(15)16)3-4-10(18-11)12(14)17-2/h6-7,10,12,14H,3-5H2,1-2H3. The minimum Gasteiger partial charge on any atom is -0.489 e. The molecule has 0 aromatic rings. The number of hydrogen-bond donors (Lipinski definition) is 1. The highest BCUT2D eigenvalue weighted by Gasteiger charge is 2.34. The van der Waals surface area contributed by atoms with Crippen molar-refractivity contribution in [1.82, 2.24) is 0 Å². The van der Waals surface area contributed by atoms with E-state index in [1.165, 1.54) is 7.11 Å². The molecule has 0 bridgehead atoms. The number of aliphatic hydroxyl groups excluding tert-OH is 1. The minimum absolute atomic E-state index is 0.169. The fourth-order valence-corrected chi connectivity index (χ4v) is 2.38. The van der Waals surface area contributed by atoms with Gasteiger partial charge in [-0.3, -0.25) is 10.1 Å². The van der Waals surface area contributed by atoms with Crippen molar-refractivity contribution < 1.29 is 19.5 Å². The molecular weight excluding hydrogens is 238 g/mol. The predicted octanol–water partition coefficient (Wildman–Crippen LogP) is 1.58. The Balaban J connectivity index is 2.18. The summed E-state index contributed by atoms with van der Waals surface area (Å²) in [5, 5.41) is 20.5. The molecule has 1 aliphatic heterocycles. The highest BCUT2D eigenvalue weighted by molar-refractivity contribution is 5.31. The summed E-state index contributed by atoms with van der Waals surface area (Å²) in [4.78, 5) is 10.5. The third-order valence-corrected chi connectivity index (χ3v) is 3.44. The Morgan fingerprint density at radius 3 is 3.00 bits per heavy atom. The van der Waals surface area contributed by atoms with Gasteiger partial charge >= 0.3 is 0 Å². The fraction of sp³-hybridized carbons (Fsp3) is 0.667. The Bertz CT molecular complexity index is 415. The van der Waals surface area contributed by atoms with E-state index in [0.717, 1.165) is 11.3 Å². The maximum Gasteiger partial charge on any atom is 0.249 e. The Hall–Kier alpha value is -1.40. The molecule has 0 saturated heterocycles. The van der Waals surface area contributed by atoms with E-state index in [0.29, 0.717) is 19.3 Å². The first-order valence-corrected chi connectivity index (χ1v) is 5.98. The van der Waals surface area contributed by atoms with Crippen LogP contribution >= 0.6 is 0 Å². The van der Waals surface area contributed by atoms with E-state index in [-0.39, 0.29) is 22.6 Å². The Labute approximate surface area is 105 Å². The summed E-state index contributed by atoms with van der Waals surface area (Å²) in [6.45, 7) is 1.80. The van der Waals surface area contributed by atoms with Crippen molar-refractivity contribution in [2.45, 2.75) is 38.6 Å². The average Bonchev–Trinajstić information content (AvgIpc) is 2.35. The molecule has 0 aromatic carbocycles. The van der Waals surface area contributed by atoms with E-state index in [1.807, 2.05) is 0 Å². The van der Waals surface area contributed by atoms with Crippen LogP contribution in [0.5, 0.6) is 0 Å². The van der Waals surface area contributed by atoms with Gasteiger partial charge in [0.15, 0.2) is 6.29 Å². The number of nitro groups is 1. The van der Waals surface area contributed by atoms with Crippen molar-refractivity contribution in [2.24, 2.45) is 5.92 Å². The Morgan fingerprint density at radius 1 is 1.67 bits per heavy atom. The van der Waals surface area contributed by atoms with Crippen LogP contribution in [0.3, 0.4) is 0 Å². The van der Waals surface area contributed by atoms with Crippen molar-refractivity contribution in [2.75, 3.05) is 7.11 Å². The molecule has 1 N–H and O–H groups in total. The topological polar surface area (TPSA) is 81.8 Å². The minimum atomic E-state index is -0.949. The highest BCUT2D eigenvalue weighted by Crippen LogP contribution is 2.37. The second-order valence-corrected chi connectivity index (χ2v) is 4.70. The Kier molecular flexibility index (Phi) is 3.68. The van der Waals surface area contributed by atoms with Crippen LogP contribution in [0.2, 0.25) is 0 Å². The quantitative estimate of drug-likeness (QED) is 0.470. The first-order chi connectivity index (χ1) is 8.52. The molecule has 6 nitrogen and oxygen atoms in total. The molecular formula is C12H17NO5. The number of nitrogens with zero attached hydrogens (tertiary/aromatic N) is 1. The van der Waals surface area contributed by atoms with Crippen LogP contribution in [0.25, 0.3) is 0 Å².